The minimum absolute atomic E-state index is 0.0239. The van der Waals surface area contributed by atoms with Crippen LogP contribution in [0.15, 0.2) is 30.3 Å². The standard InChI is InChI=1S/C18H24ClN3O2/c1-13(15-5-3-4-6-16(15)19)11-17(23)21-14-7-9-22(10-8-14)12-18(24)20-2/h3-6,11,14H,7-10,12H2,1-2H3,(H,20,24)(H,21,23). The van der Waals surface area contributed by atoms with Crippen molar-refractivity contribution < 1.29 is 9.59 Å². The van der Waals surface area contributed by atoms with E-state index in [1.54, 1.807) is 13.1 Å². The molecule has 5 nitrogen and oxygen atoms in total. The largest absolute Gasteiger partial charge is 0.358 e. The lowest BCUT2D eigenvalue weighted by atomic mass is 10.0. The molecule has 0 radical (unpaired) electrons. The molecule has 6 heteroatoms. The van der Waals surface area contributed by atoms with Crippen LogP contribution in [0.2, 0.25) is 5.02 Å². The van der Waals surface area contributed by atoms with Gasteiger partial charge in [-0.3, -0.25) is 14.5 Å². The Bertz CT molecular complexity index is 622. The maximum atomic E-state index is 12.2. The number of carbonyl (C=O) groups excluding carboxylic acids is 2. The summed E-state index contributed by atoms with van der Waals surface area (Å²) >= 11 is 6.15. The number of nitrogens with one attached hydrogen (secondary N) is 2. The molecule has 0 aliphatic carbocycles. The van der Waals surface area contributed by atoms with E-state index in [2.05, 4.69) is 15.5 Å². The number of hydrogen-bond acceptors (Lipinski definition) is 3. The van der Waals surface area contributed by atoms with Crippen molar-refractivity contribution in [1.29, 1.82) is 0 Å². The lowest BCUT2D eigenvalue weighted by Crippen LogP contribution is -2.46. The van der Waals surface area contributed by atoms with E-state index in [0.717, 1.165) is 37.1 Å². The molecule has 1 saturated heterocycles. The molecule has 2 N–H and O–H groups in total. The third kappa shape index (κ3) is 5.35. The van der Waals surface area contributed by atoms with E-state index >= 15 is 0 Å². The summed E-state index contributed by atoms with van der Waals surface area (Å²) in [7, 11) is 1.64. The van der Waals surface area contributed by atoms with Gasteiger partial charge >= 0.3 is 0 Å². The van der Waals surface area contributed by atoms with Crippen LogP contribution in [0.5, 0.6) is 0 Å². The van der Waals surface area contributed by atoms with Crippen molar-refractivity contribution >= 4 is 29.0 Å². The highest BCUT2D eigenvalue weighted by atomic mass is 35.5. The van der Waals surface area contributed by atoms with Crippen molar-refractivity contribution in [3.05, 3.63) is 40.9 Å². The van der Waals surface area contributed by atoms with Gasteiger partial charge in [-0.25, -0.2) is 0 Å². The number of halogens is 1. The summed E-state index contributed by atoms with van der Waals surface area (Å²) in [6.07, 6.45) is 3.29. The van der Waals surface area contributed by atoms with E-state index in [1.807, 2.05) is 31.2 Å². The maximum Gasteiger partial charge on any atom is 0.244 e. The van der Waals surface area contributed by atoms with Crippen LogP contribution in [0, 0.1) is 0 Å². The molecule has 2 amide bonds. The van der Waals surface area contributed by atoms with Crippen LogP contribution in [0.1, 0.15) is 25.3 Å². The first-order valence-electron chi connectivity index (χ1n) is 8.16. The first kappa shape index (κ1) is 18.5. The van der Waals surface area contributed by atoms with Gasteiger partial charge < -0.3 is 10.6 Å². The van der Waals surface area contributed by atoms with Crippen LogP contribution in [-0.4, -0.2) is 49.4 Å². The van der Waals surface area contributed by atoms with E-state index in [-0.39, 0.29) is 17.9 Å². The number of carbonyl (C=O) groups is 2. The van der Waals surface area contributed by atoms with Gasteiger partial charge in [-0.1, -0.05) is 29.8 Å². The number of hydrogen-bond donors (Lipinski definition) is 2. The lowest BCUT2D eigenvalue weighted by Gasteiger charge is -2.31. The topological polar surface area (TPSA) is 61.4 Å². The monoisotopic (exact) mass is 349 g/mol. The van der Waals surface area contributed by atoms with Crippen LogP contribution in [0.25, 0.3) is 5.57 Å². The van der Waals surface area contributed by atoms with Crippen molar-refractivity contribution in [1.82, 2.24) is 15.5 Å². The fourth-order valence-corrected chi connectivity index (χ4v) is 3.10. The van der Waals surface area contributed by atoms with E-state index in [4.69, 9.17) is 11.6 Å². The van der Waals surface area contributed by atoms with Crippen LogP contribution in [-0.2, 0) is 9.59 Å². The zero-order valence-electron chi connectivity index (χ0n) is 14.1. The van der Waals surface area contributed by atoms with Crippen LogP contribution < -0.4 is 10.6 Å². The van der Waals surface area contributed by atoms with E-state index in [1.165, 1.54) is 0 Å². The second kappa shape index (κ2) is 8.85. The van der Waals surface area contributed by atoms with Crippen LogP contribution in [0.4, 0.5) is 0 Å². The molecule has 1 aromatic carbocycles. The number of benzene rings is 1. The summed E-state index contributed by atoms with van der Waals surface area (Å²) in [5.74, 6) is -0.0760. The van der Waals surface area contributed by atoms with Crippen molar-refractivity contribution in [2.75, 3.05) is 26.7 Å². The number of likely N-dealkylation sites (tertiary alicyclic amines) is 1. The number of allylic oxidation sites excluding steroid dienone is 1. The summed E-state index contributed by atoms with van der Waals surface area (Å²) in [5.41, 5.74) is 1.71. The molecular formula is C18H24ClN3O2. The van der Waals surface area contributed by atoms with Gasteiger partial charge in [0, 0.05) is 37.3 Å². The highest BCUT2D eigenvalue weighted by Crippen LogP contribution is 2.22. The third-order valence-electron chi connectivity index (χ3n) is 4.23. The SMILES string of the molecule is CNC(=O)CN1CCC(NC(=O)C=C(C)c2ccccc2Cl)CC1. The third-order valence-corrected chi connectivity index (χ3v) is 4.56. The lowest BCUT2D eigenvalue weighted by molar-refractivity contribution is -0.122. The quantitative estimate of drug-likeness (QED) is 0.800. The van der Waals surface area contributed by atoms with E-state index in [0.29, 0.717) is 11.6 Å². The number of nitrogens with zero attached hydrogens (tertiary/aromatic N) is 1. The van der Waals surface area contributed by atoms with Crippen molar-refractivity contribution in [2.24, 2.45) is 0 Å². The molecule has 2 rings (SSSR count). The molecule has 24 heavy (non-hydrogen) atoms. The molecule has 0 unspecified atom stereocenters. The summed E-state index contributed by atoms with van der Waals surface area (Å²) < 4.78 is 0. The minimum Gasteiger partial charge on any atom is -0.358 e. The maximum absolute atomic E-state index is 12.2. The molecule has 0 saturated carbocycles. The number of likely N-dealkylation sites (N-methyl/N-ethyl adjacent to an activating group) is 1. The van der Waals surface area contributed by atoms with E-state index in [9.17, 15) is 9.59 Å². The smallest absolute Gasteiger partial charge is 0.244 e. The van der Waals surface area contributed by atoms with Gasteiger partial charge in [-0.05, 0) is 37.0 Å². The molecule has 0 atom stereocenters. The number of amides is 2. The van der Waals surface area contributed by atoms with Gasteiger partial charge in [0.15, 0.2) is 0 Å². The number of piperidine rings is 1. The fourth-order valence-electron chi connectivity index (χ4n) is 2.82. The molecule has 0 spiro atoms. The fraction of sp³-hybridized carbons (Fsp3) is 0.444. The van der Waals surface area contributed by atoms with Gasteiger partial charge in [-0.2, -0.15) is 0 Å². The van der Waals surface area contributed by atoms with Gasteiger partial charge in [0.05, 0.1) is 6.54 Å². The van der Waals surface area contributed by atoms with Crippen LogP contribution in [0.3, 0.4) is 0 Å². The molecule has 1 aliphatic heterocycles. The van der Waals surface area contributed by atoms with Gasteiger partial charge in [0.25, 0.3) is 0 Å². The average Bonchev–Trinajstić information content (AvgIpc) is 2.56. The van der Waals surface area contributed by atoms with Gasteiger partial charge in [0.1, 0.15) is 0 Å². The Morgan fingerprint density at radius 3 is 2.58 bits per heavy atom. The molecule has 1 heterocycles. The second-order valence-electron chi connectivity index (χ2n) is 6.04. The Morgan fingerprint density at radius 1 is 1.29 bits per heavy atom. The minimum atomic E-state index is -0.0998. The Kier molecular flexibility index (Phi) is 6.82. The number of rotatable bonds is 5. The first-order valence-corrected chi connectivity index (χ1v) is 8.54. The summed E-state index contributed by atoms with van der Waals surface area (Å²) in [5, 5.41) is 6.31. The zero-order chi connectivity index (χ0) is 17.5. The molecule has 1 aliphatic rings. The van der Waals surface area contributed by atoms with E-state index < -0.39 is 0 Å². The van der Waals surface area contributed by atoms with Crippen molar-refractivity contribution in [3.8, 4) is 0 Å². The summed E-state index contributed by atoms with van der Waals surface area (Å²) in [4.78, 5) is 25.7. The molecule has 0 bridgehead atoms. The highest BCUT2D eigenvalue weighted by molar-refractivity contribution is 6.32. The Balaban J connectivity index is 1.84. The average molecular weight is 350 g/mol. The first-order chi connectivity index (χ1) is 11.5. The van der Waals surface area contributed by atoms with Crippen molar-refractivity contribution in [2.45, 2.75) is 25.8 Å². The molecule has 1 aromatic rings. The van der Waals surface area contributed by atoms with Crippen LogP contribution >= 0.6 is 11.6 Å². The molecule has 0 aromatic heterocycles. The summed E-state index contributed by atoms with van der Waals surface area (Å²) in [6.45, 7) is 3.92. The Hall–Kier alpha value is -1.85. The molecule has 1 fully saturated rings. The molecule has 130 valence electrons. The van der Waals surface area contributed by atoms with Crippen molar-refractivity contribution in [3.63, 3.8) is 0 Å². The molecular weight excluding hydrogens is 326 g/mol. The Labute approximate surface area is 148 Å². The zero-order valence-corrected chi connectivity index (χ0v) is 14.9. The predicted octanol–water partition coefficient (Wildman–Crippen LogP) is 2.07. The second-order valence-corrected chi connectivity index (χ2v) is 6.45. The normalized spacial score (nSPS) is 16.7. The highest BCUT2D eigenvalue weighted by Gasteiger charge is 2.21. The van der Waals surface area contributed by atoms with Gasteiger partial charge in [0.2, 0.25) is 11.8 Å². The van der Waals surface area contributed by atoms with Gasteiger partial charge in [-0.15, -0.1) is 0 Å². The Morgan fingerprint density at radius 2 is 1.96 bits per heavy atom. The predicted molar refractivity (Wildman–Crippen MR) is 96.8 cm³/mol. The summed E-state index contributed by atoms with van der Waals surface area (Å²) in [6, 6.07) is 7.63.